The van der Waals surface area contributed by atoms with Crippen molar-refractivity contribution in [3.8, 4) is 17.1 Å². The number of para-hydroxylation sites is 4. The lowest BCUT2D eigenvalue weighted by atomic mass is 10.2. The van der Waals surface area contributed by atoms with Crippen LogP contribution in [0.3, 0.4) is 0 Å². The summed E-state index contributed by atoms with van der Waals surface area (Å²) in [5.74, 6) is 0. The van der Waals surface area contributed by atoms with Gasteiger partial charge in [-0.15, -0.1) is 0 Å². The van der Waals surface area contributed by atoms with Crippen LogP contribution in [-0.4, -0.2) is 23.7 Å². The molecule has 0 fully saturated rings. The second-order valence-electron chi connectivity index (χ2n) is 10.4. The Balaban J connectivity index is 1.41. The predicted molar refractivity (Wildman–Crippen MR) is 168 cm³/mol. The zero-order chi connectivity index (χ0) is 26.9. The van der Waals surface area contributed by atoms with Gasteiger partial charge >= 0.3 is 0 Å². The highest BCUT2D eigenvalue weighted by Gasteiger charge is 2.23. The molecule has 4 aromatic heterocycles. The highest BCUT2D eigenvalue weighted by Crippen LogP contribution is 2.40. The Labute approximate surface area is 235 Å². The summed E-state index contributed by atoms with van der Waals surface area (Å²) >= 11 is 0. The van der Waals surface area contributed by atoms with Crippen molar-refractivity contribution in [3.05, 3.63) is 140 Å². The molecule has 0 saturated carbocycles. The highest BCUT2D eigenvalue weighted by atomic mass is 15.2. The Morgan fingerprint density at radius 1 is 0.439 bits per heavy atom. The molecule has 0 unspecified atom stereocenters. The second kappa shape index (κ2) is 8.41. The topological polar surface area (TPSA) is 40.6 Å². The first kappa shape index (κ1) is 22.2. The van der Waals surface area contributed by atoms with Crippen LogP contribution < -0.4 is 0 Å². The van der Waals surface area contributed by atoms with Gasteiger partial charge < -0.3 is 4.57 Å². The minimum absolute atomic E-state index is 0.947. The summed E-state index contributed by atoms with van der Waals surface area (Å²) < 4.78 is 7.02. The third-order valence-corrected chi connectivity index (χ3v) is 8.17. The Hall–Kier alpha value is -5.68. The summed E-state index contributed by atoms with van der Waals surface area (Å²) in [7, 11) is 0. The lowest BCUT2D eigenvalue weighted by molar-refractivity contribution is 1.05. The summed E-state index contributed by atoms with van der Waals surface area (Å²) in [6, 6.07) is 45.2. The maximum absolute atomic E-state index is 4.82. The summed E-state index contributed by atoms with van der Waals surface area (Å²) in [4.78, 5) is 9.28. The van der Waals surface area contributed by atoms with E-state index in [2.05, 4.69) is 146 Å². The fourth-order valence-electron chi connectivity index (χ4n) is 6.54. The van der Waals surface area contributed by atoms with E-state index in [4.69, 9.17) is 4.98 Å². The van der Waals surface area contributed by atoms with Crippen molar-refractivity contribution < 1.29 is 0 Å². The number of hydrogen-bond donors (Lipinski definition) is 0. The van der Waals surface area contributed by atoms with E-state index in [0.717, 1.165) is 44.6 Å². The molecule has 0 radical (unpaired) electrons. The van der Waals surface area contributed by atoms with E-state index in [0.29, 0.717) is 0 Å². The van der Waals surface area contributed by atoms with Crippen molar-refractivity contribution in [2.75, 3.05) is 0 Å². The normalized spacial score (nSPS) is 11.9. The first-order chi connectivity index (χ1) is 20.4. The van der Waals surface area contributed by atoms with Gasteiger partial charge in [0.25, 0.3) is 0 Å². The quantitative estimate of drug-likeness (QED) is 0.232. The largest absolute Gasteiger partial charge is 0.309 e. The molecule has 5 nitrogen and oxygen atoms in total. The Bertz CT molecular complexity index is 2370. The fraction of sp³-hybridized carbons (Fsp3) is 0. The molecule has 0 saturated heterocycles. The number of nitrogens with zero attached hydrogens (tertiary/aromatic N) is 5. The lowest BCUT2D eigenvalue weighted by Gasteiger charge is -2.14. The highest BCUT2D eigenvalue weighted by molar-refractivity contribution is 6.21. The molecule has 192 valence electrons. The molecular formula is C36H23N5. The van der Waals surface area contributed by atoms with Crippen LogP contribution >= 0.6 is 0 Å². The van der Waals surface area contributed by atoms with E-state index >= 15 is 0 Å². The third-order valence-electron chi connectivity index (χ3n) is 8.17. The number of benzene rings is 5. The molecule has 0 aliphatic heterocycles. The number of rotatable bonds is 3. The van der Waals surface area contributed by atoms with Crippen LogP contribution in [0.15, 0.2) is 140 Å². The summed E-state index contributed by atoms with van der Waals surface area (Å²) in [6.07, 6.45) is 3.58. The molecule has 0 aliphatic rings. The number of aromatic nitrogens is 5. The van der Waals surface area contributed by atoms with Gasteiger partial charge in [-0.25, -0.2) is 9.97 Å². The van der Waals surface area contributed by atoms with Crippen LogP contribution in [-0.2, 0) is 0 Å². The first-order valence-electron chi connectivity index (χ1n) is 13.8. The molecule has 0 N–H and O–H groups in total. The van der Waals surface area contributed by atoms with E-state index in [1.165, 1.54) is 27.2 Å². The van der Waals surface area contributed by atoms with Crippen molar-refractivity contribution in [1.29, 1.82) is 0 Å². The maximum atomic E-state index is 4.82. The molecule has 0 spiro atoms. The van der Waals surface area contributed by atoms with Crippen molar-refractivity contribution in [2.45, 2.75) is 0 Å². The van der Waals surface area contributed by atoms with Crippen molar-refractivity contribution >= 4 is 54.8 Å². The smallest absolute Gasteiger partial charge is 0.133 e. The Morgan fingerprint density at radius 2 is 0.976 bits per heavy atom. The lowest BCUT2D eigenvalue weighted by Crippen LogP contribution is -2.03. The van der Waals surface area contributed by atoms with E-state index in [9.17, 15) is 0 Å². The predicted octanol–water partition coefficient (Wildman–Crippen LogP) is 8.61. The van der Waals surface area contributed by atoms with Gasteiger partial charge in [0.15, 0.2) is 0 Å². The second-order valence-corrected chi connectivity index (χ2v) is 10.4. The van der Waals surface area contributed by atoms with E-state index < -0.39 is 0 Å². The van der Waals surface area contributed by atoms with E-state index in [-0.39, 0.29) is 0 Å². The van der Waals surface area contributed by atoms with Crippen molar-refractivity contribution in [2.24, 2.45) is 0 Å². The average molecular weight is 526 g/mol. The summed E-state index contributed by atoms with van der Waals surface area (Å²) in [5, 5.41) is 4.80. The molecule has 4 heterocycles. The van der Waals surface area contributed by atoms with Gasteiger partial charge in [-0.1, -0.05) is 78.9 Å². The van der Waals surface area contributed by atoms with Crippen LogP contribution in [0.1, 0.15) is 0 Å². The molecule has 9 aromatic rings. The zero-order valence-electron chi connectivity index (χ0n) is 22.0. The third kappa shape index (κ3) is 3.06. The summed E-state index contributed by atoms with van der Waals surface area (Å²) in [5.41, 5.74) is 9.80. The standard InChI is InChI=1S/C36H23N5/c1-2-11-24(12-3-1)40-32-20-9-6-17-29(32)34-35-33(22-37-23-38-35)41(36(34)40)26-14-10-13-25(21-26)39-30-18-7-4-15-27(30)28-16-5-8-19-31(28)39/h1-23H. The van der Waals surface area contributed by atoms with Gasteiger partial charge in [-0.05, 0) is 48.5 Å². The molecular weight excluding hydrogens is 502 g/mol. The van der Waals surface area contributed by atoms with Gasteiger partial charge in [0.2, 0.25) is 0 Å². The van der Waals surface area contributed by atoms with Gasteiger partial charge in [0.1, 0.15) is 17.5 Å². The molecule has 0 bridgehead atoms. The molecule has 0 aliphatic carbocycles. The van der Waals surface area contributed by atoms with Gasteiger partial charge in [0, 0.05) is 33.2 Å². The Morgan fingerprint density at radius 3 is 1.68 bits per heavy atom. The average Bonchev–Trinajstić information content (AvgIpc) is 3.67. The minimum Gasteiger partial charge on any atom is -0.309 e. The zero-order valence-corrected chi connectivity index (χ0v) is 22.0. The van der Waals surface area contributed by atoms with Gasteiger partial charge in [-0.3, -0.25) is 9.13 Å². The fourth-order valence-corrected chi connectivity index (χ4v) is 6.54. The maximum Gasteiger partial charge on any atom is 0.133 e. The number of fused-ring (bicyclic) bond motifs is 8. The Kier molecular flexibility index (Phi) is 4.55. The van der Waals surface area contributed by atoms with Crippen LogP contribution in [0.25, 0.3) is 71.8 Å². The van der Waals surface area contributed by atoms with E-state index in [1.54, 1.807) is 6.33 Å². The van der Waals surface area contributed by atoms with E-state index in [1.807, 2.05) is 6.20 Å². The molecule has 41 heavy (non-hydrogen) atoms. The van der Waals surface area contributed by atoms with Crippen LogP contribution in [0.2, 0.25) is 0 Å². The van der Waals surface area contributed by atoms with Gasteiger partial charge in [0.05, 0.1) is 33.6 Å². The first-order valence-corrected chi connectivity index (χ1v) is 13.8. The van der Waals surface area contributed by atoms with Crippen LogP contribution in [0, 0.1) is 0 Å². The summed E-state index contributed by atoms with van der Waals surface area (Å²) in [6.45, 7) is 0. The molecule has 0 atom stereocenters. The van der Waals surface area contributed by atoms with Crippen molar-refractivity contribution in [3.63, 3.8) is 0 Å². The monoisotopic (exact) mass is 525 g/mol. The van der Waals surface area contributed by atoms with Gasteiger partial charge in [-0.2, -0.15) is 0 Å². The molecule has 5 heteroatoms. The minimum atomic E-state index is 0.947. The van der Waals surface area contributed by atoms with Crippen LogP contribution in [0.5, 0.6) is 0 Å². The van der Waals surface area contributed by atoms with Crippen LogP contribution in [0.4, 0.5) is 0 Å². The SMILES string of the molecule is c1ccc(-n2c3ccccc3c3c4ncncc4n(-c4cccc(-n5c6ccccc6c6ccccc65)c4)c32)cc1. The van der Waals surface area contributed by atoms with Crippen molar-refractivity contribution in [1.82, 2.24) is 23.7 Å². The molecule has 5 aromatic carbocycles. The molecule has 9 rings (SSSR count). The number of hydrogen-bond acceptors (Lipinski definition) is 2. The molecule has 0 amide bonds.